The van der Waals surface area contributed by atoms with E-state index in [1.54, 1.807) is 0 Å². The van der Waals surface area contributed by atoms with Crippen LogP contribution < -0.4 is 5.32 Å². The molecule has 0 bridgehead atoms. The second kappa shape index (κ2) is 7.21. The van der Waals surface area contributed by atoms with Gasteiger partial charge in [0, 0.05) is 31.7 Å². The number of rotatable bonds is 6. The Kier molecular flexibility index (Phi) is 5.58. The summed E-state index contributed by atoms with van der Waals surface area (Å²) in [6, 6.07) is 12.1. The van der Waals surface area contributed by atoms with Crippen molar-refractivity contribution < 1.29 is 0 Å². The molecule has 112 valence electrons. The van der Waals surface area contributed by atoms with Gasteiger partial charge in [0.15, 0.2) is 0 Å². The quantitative estimate of drug-likeness (QED) is 0.859. The Hall–Kier alpha value is -0.900. The number of nitrogens with one attached hydrogen (secondary N) is 1. The molecule has 1 heterocycles. The second-order valence-electron chi connectivity index (χ2n) is 6.20. The fraction of sp³-hybridized carbons (Fsp3) is 0.647. The predicted molar refractivity (Wildman–Crippen MR) is 85.9 cm³/mol. The summed E-state index contributed by atoms with van der Waals surface area (Å²) < 4.78 is 0. The highest BCUT2D eigenvalue weighted by Crippen LogP contribution is 2.29. The van der Waals surface area contributed by atoms with Crippen LogP contribution in [0.4, 0.5) is 0 Å². The lowest BCUT2D eigenvalue weighted by Crippen LogP contribution is -2.37. The first-order valence-corrected chi connectivity index (χ1v) is 7.79. The number of hydrogen-bond donors (Lipinski definition) is 1. The summed E-state index contributed by atoms with van der Waals surface area (Å²) >= 11 is 0. The van der Waals surface area contributed by atoms with E-state index in [1.165, 1.54) is 18.7 Å². The lowest BCUT2D eigenvalue weighted by atomic mass is 10.1. The molecule has 2 rings (SSSR count). The molecule has 3 heteroatoms. The maximum atomic E-state index is 3.53. The van der Waals surface area contributed by atoms with Gasteiger partial charge in [0.25, 0.3) is 0 Å². The molecule has 1 aromatic carbocycles. The van der Waals surface area contributed by atoms with Gasteiger partial charge in [-0.15, -0.1) is 0 Å². The summed E-state index contributed by atoms with van der Waals surface area (Å²) in [6.45, 7) is 8.97. The summed E-state index contributed by atoms with van der Waals surface area (Å²) in [7, 11) is 4.40. The van der Waals surface area contributed by atoms with Gasteiger partial charge in [0.1, 0.15) is 0 Å². The topological polar surface area (TPSA) is 18.5 Å². The van der Waals surface area contributed by atoms with Crippen molar-refractivity contribution in [2.24, 2.45) is 5.92 Å². The molecule has 0 spiro atoms. The molecule has 1 fully saturated rings. The van der Waals surface area contributed by atoms with Crippen molar-refractivity contribution in [1.29, 1.82) is 0 Å². The van der Waals surface area contributed by atoms with Crippen molar-refractivity contribution in [1.82, 2.24) is 15.1 Å². The average Bonchev–Trinajstić information content (AvgIpc) is 2.82. The van der Waals surface area contributed by atoms with Crippen LogP contribution in [0.5, 0.6) is 0 Å². The zero-order chi connectivity index (χ0) is 14.5. The summed E-state index contributed by atoms with van der Waals surface area (Å²) in [5.74, 6) is 0.734. The minimum atomic E-state index is 0.489. The van der Waals surface area contributed by atoms with Gasteiger partial charge in [-0.25, -0.2) is 0 Å². The zero-order valence-corrected chi connectivity index (χ0v) is 13.3. The van der Waals surface area contributed by atoms with Crippen LogP contribution in [0.2, 0.25) is 0 Å². The van der Waals surface area contributed by atoms with Crippen molar-refractivity contribution in [3.8, 4) is 0 Å². The van der Waals surface area contributed by atoms with E-state index in [-0.39, 0.29) is 0 Å². The van der Waals surface area contributed by atoms with E-state index < -0.39 is 0 Å². The summed E-state index contributed by atoms with van der Waals surface area (Å²) in [5.41, 5.74) is 1.43. The van der Waals surface area contributed by atoms with Gasteiger partial charge in [0.05, 0.1) is 0 Å². The highest BCUT2D eigenvalue weighted by atomic mass is 15.3. The third-order valence-corrected chi connectivity index (χ3v) is 4.48. The molecule has 3 nitrogen and oxygen atoms in total. The molecule has 1 N–H and O–H groups in total. The molecule has 1 saturated heterocycles. The minimum Gasteiger partial charge on any atom is -0.315 e. The molecule has 0 saturated carbocycles. The van der Waals surface area contributed by atoms with E-state index in [2.05, 4.69) is 73.4 Å². The Labute approximate surface area is 124 Å². The van der Waals surface area contributed by atoms with Crippen LogP contribution in [0.25, 0.3) is 0 Å². The van der Waals surface area contributed by atoms with Crippen LogP contribution in [-0.4, -0.2) is 56.1 Å². The average molecular weight is 275 g/mol. The normalized spacial score (nSPS) is 25.2. The third-order valence-electron chi connectivity index (χ3n) is 4.48. The highest BCUT2D eigenvalue weighted by Gasteiger charge is 2.34. The lowest BCUT2D eigenvalue weighted by Gasteiger charge is -2.29. The minimum absolute atomic E-state index is 0.489. The van der Waals surface area contributed by atoms with Crippen LogP contribution in [-0.2, 0) is 0 Å². The maximum Gasteiger partial charge on any atom is 0.0473 e. The third kappa shape index (κ3) is 3.60. The van der Waals surface area contributed by atoms with Crippen LogP contribution in [0.1, 0.15) is 25.5 Å². The molecule has 20 heavy (non-hydrogen) atoms. The molecule has 3 unspecified atom stereocenters. The Bertz CT molecular complexity index is 390. The lowest BCUT2D eigenvalue weighted by molar-refractivity contribution is 0.212. The molecular formula is C17H29N3. The monoisotopic (exact) mass is 275 g/mol. The van der Waals surface area contributed by atoms with E-state index in [9.17, 15) is 0 Å². The van der Waals surface area contributed by atoms with Crippen LogP contribution in [0.15, 0.2) is 30.3 Å². The Balaban J connectivity index is 2.12. The first-order valence-electron chi connectivity index (χ1n) is 7.79. The largest absolute Gasteiger partial charge is 0.315 e. The van der Waals surface area contributed by atoms with Crippen LogP contribution >= 0.6 is 0 Å². The van der Waals surface area contributed by atoms with E-state index in [4.69, 9.17) is 0 Å². The fourth-order valence-corrected chi connectivity index (χ4v) is 3.33. The first-order chi connectivity index (χ1) is 9.63. The standard InChI is InChI=1S/C17H29N3/c1-5-18-11-16(15-9-7-6-8-10-15)20-12-14(2)17(13-20)19(3)4/h6-10,14,16-18H,5,11-13H2,1-4H3. The van der Waals surface area contributed by atoms with Crippen molar-refractivity contribution in [2.45, 2.75) is 25.9 Å². The molecule has 3 atom stereocenters. The van der Waals surface area contributed by atoms with Crippen molar-refractivity contribution >= 4 is 0 Å². The van der Waals surface area contributed by atoms with Gasteiger partial charge >= 0.3 is 0 Å². The SMILES string of the molecule is CCNCC(c1ccccc1)N1CC(C)C(N(C)C)C1. The van der Waals surface area contributed by atoms with E-state index >= 15 is 0 Å². The van der Waals surface area contributed by atoms with E-state index in [0.717, 1.165) is 19.0 Å². The number of likely N-dealkylation sites (tertiary alicyclic amines) is 1. The van der Waals surface area contributed by atoms with E-state index in [1.807, 2.05) is 0 Å². The first kappa shape index (κ1) is 15.5. The molecule has 1 aromatic rings. The zero-order valence-electron chi connectivity index (χ0n) is 13.3. The number of hydrogen-bond acceptors (Lipinski definition) is 3. The smallest absolute Gasteiger partial charge is 0.0473 e. The second-order valence-corrected chi connectivity index (χ2v) is 6.20. The molecule has 0 aliphatic carbocycles. The van der Waals surface area contributed by atoms with Crippen molar-refractivity contribution in [2.75, 3.05) is 40.3 Å². The Morgan fingerprint density at radius 3 is 2.50 bits per heavy atom. The molecule has 0 aromatic heterocycles. The van der Waals surface area contributed by atoms with Crippen molar-refractivity contribution in [3.63, 3.8) is 0 Å². The van der Waals surface area contributed by atoms with Crippen LogP contribution in [0, 0.1) is 5.92 Å². The van der Waals surface area contributed by atoms with Gasteiger partial charge in [-0.1, -0.05) is 44.2 Å². The molecule has 1 aliphatic heterocycles. The molecule has 1 aliphatic rings. The van der Waals surface area contributed by atoms with Gasteiger partial charge in [-0.05, 0) is 32.1 Å². The summed E-state index contributed by atoms with van der Waals surface area (Å²) in [6.07, 6.45) is 0. The van der Waals surface area contributed by atoms with Gasteiger partial charge in [-0.2, -0.15) is 0 Å². The predicted octanol–water partition coefficient (Wildman–Crippen LogP) is 2.22. The van der Waals surface area contributed by atoms with Crippen molar-refractivity contribution in [3.05, 3.63) is 35.9 Å². The van der Waals surface area contributed by atoms with Crippen LogP contribution in [0.3, 0.4) is 0 Å². The van der Waals surface area contributed by atoms with Gasteiger partial charge < -0.3 is 10.2 Å². The van der Waals surface area contributed by atoms with Gasteiger partial charge in [-0.3, -0.25) is 4.90 Å². The maximum absolute atomic E-state index is 3.53. The number of likely N-dealkylation sites (N-methyl/N-ethyl adjacent to an activating group) is 2. The number of benzene rings is 1. The Morgan fingerprint density at radius 2 is 1.95 bits per heavy atom. The summed E-state index contributed by atoms with van der Waals surface area (Å²) in [5, 5.41) is 3.53. The number of nitrogens with zero attached hydrogens (tertiary/aromatic N) is 2. The summed E-state index contributed by atoms with van der Waals surface area (Å²) in [4.78, 5) is 5.02. The molecule has 0 radical (unpaired) electrons. The van der Waals surface area contributed by atoms with E-state index in [0.29, 0.717) is 12.1 Å². The molecule has 0 amide bonds. The highest BCUT2D eigenvalue weighted by molar-refractivity contribution is 5.20. The fourth-order valence-electron chi connectivity index (χ4n) is 3.33. The van der Waals surface area contributed by atoms with Gasteiger partial charge in [0.2, 0.25) is 0 Å². The molecular weight excluding hydrogens is 246 g/mol. The Morgan fingerprint density at radius 1 is 1.25 bits per heavy atom.